The summed E-state index contributed by atoms with van der Waals surface area (Å²) in [6.45, 7) is 2.21. The molecule has 1 atom stereocenters. The Morgan fingerprint density at radius 2 is 2.41 bits per heavy atom. The van der Waals surface area contributed by atoms with E-state index in [1.807, 2.05) is 0 Å². The second-order valence-electron chi connectivity index (χ2n) is 3.88. The van der Waals surface area contributed by atoms with Crippen LogP contribution in [-0.4, -0.2) is 42.3 Å². The minimum atomic E-state index is -0.957. The third-order valence-corrected chi connectivity index (χ3v) is 2.71. The topological polar surface area (TPSA) is 67.6 Å². The fourth-order valence-corrected chi connectivity index (χ4v) is 1.83. The monoisotopic (exact) mass is 243 g/mol. The summed E-state index contributed by atoms with van der Waals surface area (Å²) in [4.78, 5) is 10.1. The van der Waals surface area contributed by atoms with Crippen LogP contribution in [0.4, 0.5) is 4.39 Å². The van der Waals surface area contributed by atoms with Gasteiger partial charge in [-0.05, 0) is 12.2 Å². The highest BCUT2D eigenvalue weighted by Gasteiger charge is 2.27. The number of ether oxygens (including phenoxy) is 1. The number of allylic oxidation sites excluding steroid dienone is 1. The molecule has 0 amide bonds. The van der Waals surface area contributed by atoms with Crippen LogP contribution in [0, 0.1) is 10.1 Å². The van der Waals surface area contributed by atoms with Crippen LogP contribution < -0.4 is 5.43 Å². The predicted molar refractivity (Wildman–Crippen MR) is 58.2 cm³/mol. The standard InChI is InChI=1S/C10H14FN3O3/c11-9-7-8(14(15)16)1-2-10(9)13-4-6-17-5-3-12-13/h1-2,8,12H,3-7H2. The van der Waals surface area contributed by atoms with Gasteiger partial charge in [0.05, 0.1) is 31.9 Å². The fraction of sp³-hybridized carbons (Fsp3) is 0.600. The molecule has 0 radical (unpaired) electrons. The van der Waals surface area contributed by atoms with E-state index >= 15 is 0 Å². The molecule has 1 unspecified atom stereocenters. The minimum absolute atomic E-state index is 0.183. The van der Waals surface area contributed by atoms with Crippen LogP contribution >= 0.6 is 0 Å². The number of hydrogen-bond acceptors (Lipinski definition) is 5. The van der Waals surface area contributed by atoms with E-state index in [2.05, 4.69) is 5.43 Å². The lowest BCUT2D eigenvalue weighted by Gasteiger charge is -2.26. The van der Waals surface area contributed by atoms with Crippen LogP contribution in [-0.2, 0) is 4.74 Å². The minimum Gasteiger partial charge on any atom is -0.378 e. The molecule has 0 aromatic carbocycles. The van der Waals surface area contributed by atoms with Gasteiger partial charge in [0.15, 0.2) is 0 Å². The molecule has 2 aliphatic rings. The SMILES string of the molecule is O=[N+]([O-])C1C=CC(N2CCOCCN2)=C(F)C1. The summed E-state index contributed by atoms with van der Waals surface area (Å²) in [6.07, 6.45) is 2.70. The third-order valence-electron chi connectivity index (χ3n) is 2.71. The summed E-state index contributed by atoms with van der Waals surface area (Å²) < 4.78 is 19.0. The quantitative estimate of drug-likeness (QED) is 0.568. The van der Waals surface area contributed by atoms with Crippen molar-refractivity contribution >= 4 is 0 Å². The Morgan fingerprint density at radius 1 is 1.59 bits per heavy atom. The van der Waals surface area contributed by atoms with E-state index in [9.17, 15) is 14.5 Å². The number of nitro groups is 1. The van der Waals surface area contributed by atoms with E-state index in [0.29, 0.717) is 32.0 Å². The van der Waals surface area contributed by atoms with Gasteiger partial charge in [-0.3, -0.25) is 10.1 Å². The molecule has 0 saturated carbocycles. The summed E-state index contributed by atoms with van der Waals surface area (Å²) in [6, 6.07) is -0.957. The Hall–Kier alpha value is -1.47. The molecule has 1 fully saturated rings. The molecule has 0 bridgehead atoms. The van der Waals surface area contributed by atoms with Crippen LogP contribution in [0.1, 0.15) is 6.42 Å². The molecular weight excluding hydrogens is 229 g/mol. The van der Waals surface area contributed by atoms with E-state index in [1.165, 1.54) is 12.2 Å². The van der Waals surface area contributed by atoms with Gasteiger partial charge in [0, 0.05) is 11.5 Å². The van der Waals surface area contributed by atoms with Crippen LogP contribution in [0.3, 0.4) is 0 Å². The summed E-state index contributed by atoms with van der Waals surface area (Å²) in [7, 11) is 0. The van der Waals surface area contributed by atoms with Crippen molar-refractivity contribution in [1.29, 1.82) is 0 Å². The Morgan fingerprint density at radius 3 is 3.12 bits per heavy atom. The molecule has 17 heavy (non-hydrogen) atoms. The molecule has 6 nitrogen and oxygen atoms in total. The van der Waals surface area contributed by atoms with Gasteiger partial charge < -0.3 is 9.75 Å². The van der Waals surface area contributed by atoms with E-state index < -0.39 is 16.8 Å². The Bertz CT molecular complexity index is 362. The maximum Gasteiger partial charge on any atom is 0.238 e. The molecule has 1 aliphatic carbocycles. The second-order valence-corrected chi connectivity index (χ2v) is 3.88. The largest absolute Gasteiger partial charge is 0.378 e. The molecule has 7 heteroatoms. The first-order valence-electron chi connectivity index (χ1n) is 5.47. The number of hydrazine groups is 1. The second kappa shape index (κ2) is 5.24. The highest BCUT2D eigenvalue weighted by molar-refractivity contribution is 5.26. The number of hydrogen-bond donors (Lipinski definition) is 1. The Labute approximate surface area is 97.8 Å². The fourth-order valence-electron chi connectivity index (χ4n) is 1.83. The summed E-state index contributed by atoms with van der Waals surface area (Å²) in [5.41, 5.74) is 3.38. The van der Waals surface area contributed by atoms with Crippen molar-refractivity contribution in [1.82, 2.24) is 10.4 Å². The van der Waals surface area contributed by atoms with Gasteiger partial charge in [0.1, 0.15) is 5.83 Å². The average Bonchev–Trinajstić information content (AvgIpc) is 2.57. The molecule has 2 rings (SSSR count). The van der Waals surface area contributed by atoms with Crippen molar-refractivity contribution in [2.24, 2.45) is 0 Å². The lowest BCUT2D eigenvalue weighted by atomic mass is 10.1. The van der Waals surface area contributed by atoms with Crippen molar-refractivity contribution in [3.8, 4) is 0 Å². The zero-order valence-corrected chi connectivity index (χ0v) is 9.26. The van der Waals surface area contributed by atoms with Gasteiger partial charge in [0.2, 0.25) is 6.04 Å². The number of halogens is 1. The zero-order valence-electron chi connectivity index (χ0n) is 9.26. The molecule has 1 aliphatic heterocycles. The van der Waals surface area contributed by atoms with Crippen LogP contribution in [0.2, 0.25) is 0 Å². The molecular formula is C10H14FN3O3. The predicted octanol–water partition coefficient (Wildman–Crippen LogP) is 0.609. The summed E-state index contributed by atoms with van der Waals surface area (Å²) >= 11 is 0. The number of nitrogens with one attached hydrogen (secondary N) is 1. The van der Waals surface area contributed by atoms with Crippen LogP contribution in [0.15, 0.2) is 23.7 Å². The normalized spacial score (nSPS) is 25.9. The van der Waals surface area contributed by atoms with Crippen molar-refractivity contribution in [3.63, 3.8) is 0 Å². The van der Waals surface area contributed by atoms with E-state index in [1.54, 1.807) is 5.01 Å². The molecule has 1 N–H and O–H groups in total. The van der Waals surface area contributed by atoms with Gasteiger partial charge in [-0.15, -0.1) is 0 Å². The Balaban J connectivity index is 2.08. The summed E-state index contributed by atoms with van der Waals surface area (Å²) in [5, 5.41) is 12.2. The number of rotatable bonds is 2. The van der Waals surface area contributed by atoms with Crippen molar-refractivity contribution in [2.75, 3.05) is 26.3 Å². The lowest BCUT2D eigenvalue weighted by Crippen LogP contribution is -2.39. The molecule has 1 heterocycles. The van der Waals surface area contributed by atoms with E-state index in [-0.39, 0.29) is 6.42 Å². The Kier molecular flexibility index (Phi) is 3.70. The highest BCUT2D eigenvalue weighted by Crippen LogP contribution is 2.23. The maximum atomic E-state index is 13.8. The molecule has 0 aromatic rings. The molecule has 0 aromatic heterocycles. The third kappa shape index (κ3) is 2.80. The van der Waals surface area contributed by atoms with Crippen LogP contribution in [0.5, 0.6) is 0 Å². The first-order valence-corrected chi connectivity index (χ1v) is 5.47. The van der Waals surface area contributed by atoms with E-state index in [0.717, 1.165) is 0 Å². The van der Waals surface area contributed by atoms with Gasteiger partial charge in [-0.1, -0.05) is 0 Å². The van der Waals surface area contributed by atoms with Gasteiger partial charge in [0.25, 0.3) is 0 Å². The van der Waals surface area contributed by atoms with Gasteiger partial charge in [-0.25, -0.2) is 9.82 Å². The van der Waals surface area contributed by atoms with E-state index in [4.69, 9.17) is 4.74 Å². The van der Waals surface area contributed by atoms with Gasteiger partial charge >= 0.3 is 0 Å². The maximum absolute atomic E-state index is 13.8. The number of nitrogens with zero attached hydrogens (tertiary/aromatic N) is 2. The average molecular weight is 243 g/mol. The zero-order chi connectivity index (χ0) is 12.3. The molecule has 0 spiro atoms. The summed E-state index contributed by atoms with van der Waals surface area (Å²) in [5.74, 6) is -0.455. The van der Waals surface area contributed by atoms with Gasteiger partial charge in [-0.2, -0.15) is 0 Å². The lowest BCUT2D eigenvalue weighted by molar-refractivity contribution is -0.509. The van der Waals surface area contributed by atoms with Crippen molar-refractivity contribution in [2.45, 2.75) is 12.5 Å². The molecule has 94 valence electrons. The van der Waals surface area contributed by atoms with Crippen LogP contribution in [0.25, 0.3) is 0 Å². The van der Waals surface area contributed by atoms with Crippen molar-refractivity contribution < 1.29 is 14.1 Å². The smallest absolute Gasteiger partial charge is 0.238 e. The first kappa shape index (κ1) is 12.0. The molecule has 1 saturated heterocycles. The van der Waals surface area contributed by atoms with Crippen molar-refractivity contribution in [3.05, 3.63) is 33.8 Å². The first-order chi connectivity index (χ1) is 8.18. The highest BCUT2D eigenvalue weighted by atomic mass is 19.1.